The molecule has 0 spiro atoms. The maximum absolute atomic E-state index is 11.8. The van der Waals surface area contributed by atoms with Crippen molar-refractivity contribution < 1.29 is 9.53 Å². The molecule has 0 heterocycles. The maximum Gasteiger partial charge on any atom is 0.342 e. The van der Waals surface area contributed by atoms with Crippen LogP contribution in [0.3, 0.4) is 0 Å². The van der Waals surface area contributed by atoms with Gasteiger partial charge in [-0.1, -0.05) is 44.2 Å². The van der Waals surface area contributed by atoms with Crippen LogP contribution in [0.4, 0.5) is 0 Å². The summed E-state index contributed by atoms with van der Waals surface area (Å²) in [7, 11) is 0. The summed E-state index contributed by atoms with van der Waals surface area (Å²) in [5, 5.41) is 0. The average molecular weight is 230 g/mol. The predicted molar refractivity (Wildman–Crippen MR) is 68.3 cm³/mol. The Balaban J connectivity index is 2.64. The zero-order valence-electron chi connectivity index (χ0n) is 10.6. The van der Waals surface area contributed by atoms with Gasteiger partial charge in [0.05, 0.1) is 5.57 Å². The Labute approximate surface area is 103 Å². The van der Waals surface area contributed by atoms with Crippen LogP contribution in [0.1, 0.15) is 26.3 Å². The third-order valence-corrected chi connectivity index (χ3v) is 2.31. The zero-order chi connectivity index (χ0) is 12.7. The second-order valence-corrected chi connectivity index (χ2v) is 4.06. The van der Waals surface area contributed by atoms with Crippen LogP contribution in [0.5, 0.6) is 0 Å². The first-order valence-electron chi connectivity index (χ1n) is 5.77. The Morgan fingerprint density at radius 1 is 1.35 bits per heavy atom. The van der Waals surface area contributed by atoms with E-state index in [1.807, 2.05) is 51.1 Å². The molecule has 0 fully saturated rings. The van der Waals surface area contributed by atoms with Crippen LogP contribution in [0.15, 0.2) is 47.7 Å². The highest BCUT2D eigenvalue weighted by Crippen LogP contribution is 2.11. The molecule has 0 atom stereocenters. The first-order chi connectivity index (χ1) is 8.15. The Morgan fingerprint density at radius 3 is 2.53 bits per heavy atom. The Morgan fingerprint density at radius 2 is 2.00 bits per heavy atom. The van der Waals surface area contributed by atoms with Crippen LogP contribution >= 0.6 is 0 Å². The van der Waals surface area contributed by atoms with E-state index in [0.29, 0.717) is 12.2 Å². The summed E-state index contributed by atoms with van der Waals surface area (Å²) in [6, 6.07) is 9.65. The minimum Gasteiger partial charge on any atom is -0.457 e. The van der Waals surface area contributed by atoms with Crippen LogP contribution in [-0.4, -0.2) is 5.97 Å². The monoisotopic (exact) mass is 230 g/mol. The van der Waals surface area contributed by atoms with Gasteiger partial charge >= 0.3 is 5.97 Å². The second kappa shape index (κ2) is 6.72. The van der Waals surface area contributed by atoms with Crippen molar-refractivity contribution in [1.82, 2.24) is 0 Å². The fourth-order valence-corrected chi connectivity index (χ4v) is 1.42. The third-order valence-electron chi connectivity index (χ3n) is 2.31. The van der Waals surface area contributed by atoms with E-state index in [1.165, 1.54) is 0 Å². The lowest BCUT2D eigenvalue weighted by molar-refractivity contribution is -0.140. The van der Waals surface area contributed by atoms with Crippen molar-refractivity contribution in [1.29, 1.82) is 0 Å². The normalized spacial score (nSPS) is 9.65. The van der Waals surface area contributed by atoms with Gasteiger partial charge in [-0.05, 0) is 24.5 Å². The van der Waals surface area contributed by atoms with E-state index in [4.69, 9.17) is 4.74 Å². The molecule has 0 aliphatic carbocycles. The van der Waals surface area contributed by atoms with Crippen LogP contribution in [0, 0.1) is 5.92 Å². The van der Waals surface area contributed by atoms with E-state index in [-0.39, 0.29) is 11.9 Å². The number of ether oxygens (including phenoxy) is 1. The second-order valence-electron chi connectivity index (χ2n) is 4.06. The molecule has 0 unspecified atom stereocenters. The van der Waals surface area contributed by atoms with Gasteiger partial charge in [-0.3, -0.25) is 0 Å². The van der Waals surface area contributed by atoms with Crippen LogP contribution in [0.25, 0.3) is 0 Å². The van der Waals surface area contributed by atoms with Crippen LogP contribution in [-0.2, 0) is 16.1 Å². The van der Waals surface area contributed by atoms with Gasteiger partial charge < -0.3 is 4.74 Å². The minimum absolute atomic E-state index is 0.120. The first-order valence-corrected chi connectivity index (χ1v) is 5.77. The van der Waals surface area contributed by atoms with Crippen molar-refractivity contribution >= 4 is 5.97 Å². The summed E-state index contributed by atoms with van der Waals surface area (Å²) in [6.07, 6.45) is 1.74. The summed E-state index contributed by atoms with van der Waals surface area (Å²) < 4.78 is 5.25. The Hall–Kier alpha value is -1.79. The molecule has 0 amide bonds. The lowest BCUT2D eigenvalue weighted by atomic mass is 10.0. The fraction of sp³-hybridized carbons (Fsp3) is 0.333. The Kier molecular flexibility index (Phi) is 5.25. The number of rotatable bonds is 4. The van der Waals surface area contributed by atoms with Crippen molar-refractivity contribution in [3.63, 3.8) is 0 Å². The highest BCUT2D eigenvalue weighted by Gasteiger charge is 2.14. The molecule has 2 heteroatoms. The van der Waals surface area contributed by atoms with Crippen molar-refractivity contribution in [3.05, 3.63) is 53.3 Å². The third kappa shape index (κ3) is 4.29. The van der Waals surface area contributed by atoms with Gasteiger partial charge in [-0.15, -0.1) is 5.73 Å². The number of hydrogen-bond acceptors (Lipinski definition) is 2. The van der Waals surface area contributed by atoms with Crippen LogP contribution < -0.4 is 0 Å². The first kappa shape index (κ1) is 13.3. The molecule has 0 saturated heterocycles. The molecular weight excluding hydrogens is 212 g/mol. The highest BCUT2D eigenvalue weighted by molar-refractivity contribution is 5.88. The molecule has 1 rings (SSSR count). The van der Waals surface area contributed by atoms with E-state index < -0.39 is 0 Å². The molecule has 0 saturated carbocycles. The van der Waals surface area contributed by atoms with E-state index >= 15 is 0 Å². The van der Waals surface area contributed by atoms with E-state index in [2.05, 4.69) is 5.73 Å². The van der Waals surface area contributed by atoms with E-state index in [1.54, 1.807) is 6.08 Å². The molecule has 0 radical (unpaired) electrons. The maximum atomic E-state index is 11.8. The summed E-state index contributed by atoms with van der Waals surface area (Å²) in [5.41, 5.74) is 4.51. The van der Waals surface area contributed by atoms with Gasteiger partial charge in [0.1, 0.15) is 6.61 Å². The van der Waals surface area contributed by atoms with E-state index in [0.717, 1.165) is 5.56 Å². The topological polar surface area (TPSA) is 26.3 Å². The van der Waals surface area contributed by atoms with Gasteiger partial charge in [0.25, 0.3) is 0 Å². The lowest BCUT2D eigenvalue weighted by Crippen LogP contribution is -2.11. The summed E-state index contributed by atoms with van der Waals surface area (Å²) in [6.45, 7) is 6.05. The van der Waals surface area contributed by atoms with Crippen molar-refractivity contribution in [2.45, 2.75) is 27.4 Å². The number of hydrogen-bond donors (Lipinski definition) is 0. The number of esters is 1. The van der Waals surface area contributed by atoms with Gasteiger partial charge in [-0.25, -0.2) is 4.79 Å². The SMILES string of the molecule is CC=C=C(C(=O)OCc1ccccc1)C(C)C. The van der Waals surface area contributed by atoms with Crippen molar-refractivity contribution in [3.8, 4) is 0 Å². The molecule has 0 aliphatic rings. The summed E-state index contributed by atoms with van der Waals surface area (Å²) in [4.78, 5) is 11.8. The standard InChI is InChI=1S/C15H18O2/c1-4-8-14(12(2)3)15(16)17-11-13-9-6-5-7-10-13/h4-7,9-10,12H,11H2,1-3H3. The van der Waals surface area contributed by atoms with Crippen molar-refractivity contribution in [2.75, 3.05) is 0 Å². The smallest absolute Gasteiger partial charge is 0.342 e. The molecule has 0 aromatic heterocycles. The highest BCUT2D eigenvalue weighted by atomic mass is 16.5. The van der Waals surface area contributed by atoms with Gasteiger partial charge in [0, 0.05) is 0 Å². The molecule has 0 N–H and O–H groups in total. The summed E-state index contributed by atoms with van der Waals surface area (Å²) >= 11 is 0. The van der Waals surface area contributed by atoms with Crippen molar-refractivity contribution in [2.24, 2.45) is 5.92 Å². The number of benzene rings is 1. The molecule has 90 valence electrons. The predicted octanol–water partition coefficient (Wildman–Crippen LogP) is 3.49. The molecule has 1 aromatic rings. The minimum atomic E-state index is -0.290. The summed E-state index contributed by atoms with van der Waals surface area (Å²) in [5.74, 6) is -0.170. The van der Waals surface area contributed by atoms with Gasteiger partial charge in [0.15, 0.2) is 0 Å². The fourth-order valence-electron chi connectivity index (χ4n) is 1.42. The van der Waals surface area contributed by atoms with Gasteiger partial charge in [0.2, 0.25) is 0 Å². The van der Waals surface area contributed by atoms with E-state index in [9.17, 15) is 4.79 Å². The molecule has 0 bridgehead atoms. The molecule has 17 heavy (non-hydrogen) atoms. The van der Waals surface area contributed by atoms with Crippen LogP contribution in [0.2, 0.25) is 0 Å². The quantitative estimate of drug-likeness (QED) is 0.449. The molecule has 2 nitrogen and oxygen atoms in total. The molecule has 0 aliphatic heterocycles. The lowest BCUT2D eigenvalue weighted by Gasteiger charge is -2.09. The Bertz CT molecular complexity index is 423. The number of carbonyl (C=O) groups excluding carboxylic acids is 1. The largest absolute Gasteiger partial charge is 0.457 e. The van der Waals surface area contributed by atoms with Gasteiger partial charge in [-0.2, -0.15) is 0 Å². The molecular formula is C15H18O2. The zero-order valence-corrected chi connectivity index (χ0v) is 10.6. The average Bonchev–Trinajstić information content (AvgIpc) is 2.34. The molecule has 1 aromatic carbocycles. The number of carbonyl (C=O) groups is 1.